The van der Waals surface area contributed by atoms with Gasteiger partial charge in [0.15, 0.2) is 5.71 Å². The Morgan fingerprint density at radius 1 is 1.57 bits per heavy atom. The summed E-state index contributed by atoms with van der Waals surface area (Å²) < 4.78 is 0. The van der Waals surface area contributed by atoms with Crippen molar-refractivity contribution < 1.29 is 10.1 Å². The zero-order valence-electron chi connectivity index (χ0n) is 6.91. The maximum absolute atomic E-state index is 10.5. The van der Waals surface area contributed by atoms with Crippen LogP contribution in [0.25, 0.3) is 0 Å². The number of hydrogen-bond donors (Lipinski definition) is 1. The first-order valence-electron chi connectivity index (χ1n) is 3.56. The van der Waals surface area contributed by atoms with Gasteiger partial charge >= 0.3 is 0 Å². The first-order valence-corrected chi connectivity index (χ1v) is 3.56. The lowest BCUT2D eigenvalue weighted by atomic mass is 10.1. The molecule has 0 aliphatic rings. The molecule has 0 unspecified atom stereocenters. The summed E-state index contributed by atoms with van der Waals surface area (Å²) in [5.74, 6) is 0. The Labute approximate surface area is 78.9 Å². The number of hydrogen-bond acceptors (Lipinski definition) is 5. The highest BCUT2D eigenvalue weighted by atomic mass is 16.6. The van der Waals surface area contributed by atoms with E-state index in [4.69, 9.17) is 10.5 Å². The van der Waals surface area contributed by atoms with Crippen LogP contribution >= 0.6 is 0 Å². The number of nitro benzene ring substituents is 1. The topological polar surface area (TPSA) is 99.5 Å². The molecule has 0 saturated heterocycles. The van der Waals surface area contributed by atoms with E-state index in [0.717, 1.165) is 0 Å². The largest absolute Gasteiger partial charge is 0.410 e. The van der Waals surface area contributed by atoms with Crippen LogP contribution in [-0.4, -0.2) is 15.8 Å². The van der Waals surface area contributed by atoms with E-state index in [0.29, 0.717) is 0 Å². The second-order valence-electron chi connectivity index (χ2n) is 2.33. The number of rotatable bonds is 2. The summed E-state index contributed by atoms with van der Waals surface area (Å²) in [6.07, 6.45) is 0. The number of oxime groups is 1. The molecule has 14 heavy (non-hydrogen) atoms. The zero-order chi connectivity index (χ0) is 10.6. The summed E-state index contributed by atoms with van der Waals surface area (Å²) in [5.41, 5.74) is -0.637. The van der Waals surface area contributed by atoms with Crippen molar-refractivity contribution in [3.8, 4) is 6.07 Å². The van der Waals surface area contributed by atoms with Crippen LogP contribution in [0.4, 0.5) is 5.69 Å². The van der Waals surface area contributed by atoms with Crippen LogP contribution in [0.3, 0.4) is 0 Å². The number of para-hydroxylation sites is 1. The highest BCUT2D eigenvalue weighted by Crippen LogP contribution is 2.18. The Morgan fingerprint density at radius 3 is 2.71 bits per heavy atom. The average Bonchev–Trinajstić information content (AvgIpc) is 2.20. The molecule has 1 aromatic carbocycles. The van der Waals surface area contributed by atoms with Crippen molar-refractivity contribution in [2.75, 3.05) is 0 Å². The van der Waals surface area contributed by atoms with Crippen molar-refractivity contribution in [3.63, 3.8) is 0 Å². The van der Waals surface area contributed by atoms with Gasteiger partial charge in [-0.2, -0.15) is 5.26 Å². The Bertz CT molecular complexity index is 434. The lowest BCUT2D eigenvalue weighted by molar-refractivity contribution is -0.385. The standard InChI is InChI=1S/C8H5N3O3/c9-5-7(10-12)6-3-1-2-4-8(6)11(13)14/h1-4,12H. The van der Waals surface area contributed by atoms with Gasteiger partial charge in [0.25, 0.3) is 5.69 Å². The molecule has 0 atom stereocenters. The Balaban J connectivity index is 3.35. The molecule has 1 aromatic rings. The van der Waals surface area contributed by atoms with Crippen LogP contribution in [0.5, 0.6) is 0 Å². The molecular weight excluding hydrogens is 186 g/mol. The van der Waals surface area contributed by atoms with Crippen molar-refractivity contribution in [3.05, 3.63) is 39.9 Å². The van der Waals surface area contributed by atoms with Crippen molar-refractivity contribution >= 4 is 11.4 Å². The molecular formula is C8H5N3O3. The molecule has 0 radical (unpaired) electrons. The van der Waals surface area contributed by atoms with E-state index in [1.165, 1.54) is 24.3 Å². The highest BCUT2D eigenvalue weighted by Gasteiger charge is 2.17. The van der Waals surface area contributed by atoms with Gasteiger partial charge in [0.05, 0.1) is 10.5 Å². The quantitative estimate of drug-likeness (QED) is 0.329. The van der Waals surface area contributed by atoms with Gasteiger partial charge in [-0.1, -0.05) is 17.3 Å². The maximum Gasteiger partial charge on any atom is 0.279 e. The average molecular weight is 191 g/mol. The normalized spacial score (nSPS) is 10.6. The molecule has 1 rings (SSSR count). The molecule has 1 N–H and O–H groups in total. The summed E-state index contributed by atoms with van der Waals surface area (Å²) in [6, 6.07) is 7.12. The van der Waals surface area contributed by atoms with Gasteiger partial charge < -0.3 is 5.21 Å². The monoisotopic (exact) mass is 191 g/mol. The molecule has 0 bridgehead atoms. The predicted octanol–water partition coefficient (Wildman–Crippen LogP) is 1.30. The first-order chi connectivity index (χ1) is 6.70. The van der Waals surface area contributed by atoms with Crippen LogP contribution in [0.2, 0.25) is 0 Å². The molecule has 6 heteroatoms. The lowest BCUT2D eigenvalue weighted by Crippen LogP contribution is -2.02. The molecule has 70 valence electrons. The predicted molar refractivity (Wildman–Crippen MR) is 47.0 cm³/mol. The molecule has 0 aliphatic heterocycles. The van der Waals surface area contributed by atoms with Crippen LogP contribution < -0.4 is 0 Å². The summed E-state index contributed by atoms with van der Waals surface area (Å²) in [4.78, 5) is 9.88. The van der Waals surface area contributed by atoms with Crippen LogP contribution in [0.1, 0.15) is 5.56 Å². The highest BCUT2D eigenvalue weighted by molar-refractivity contribution is 6.13. The van der Waals surface area contributed by atoms with E-state index < -0.39 is 4.92 Å². The molecule has 6 nitrogen and oxygen atoms in total. The smallest absolute Gasteiger partial charge is 0.279 e. The number of nitro groups is 1. The summed E-state index contributed by atoms with van der Waals surface area (Å²) in [6.45, 7) is 0. The van der Waals surface area contributed by atoms with E-state index in [2.05, 4.69) is 5.16 Å². The van der Waals surface area contributed by atoms with Crippen LogP contribution in [0, 0.1) is 21.4 Å². The molecule has 0 spiro atoms. The zero-order valence-corrected chi connectivity index (χ0v) is 6.91. The number of nitriles is 1. The lowest BCUT2D eigenvalue weighted by Gasteiger charge is -1.97. The Morgan fingerprint density at radius 2 is 2.21 bits per heavy atom. The van der Waals surface area contributed by atoms with Gasteiger partial charge in [0.2, 0.25) is 0 Å². The van der Waals surface area contributed by atoms with Crippen LogP contribution in [-0.2, 0) is 0 Å². The third-order valence-corrected chi connectivity index (χ3v) is 1.56. The molecule has 0 saturated carbocycles. The second kappa shape index (κ2) is 4.00. The van der Waals surface area contributed by atoms with Gasteiger partial charge in [-0.3, -0.25) is 10.1 Å². The molecule has 0 fully saturated rings. The minimum absolute atomic E-state index is 0.00231. The van der Waals surface area contributed by atoms with Crippen molar-refractivity contribution in [2.24, 2.45) is 5.16 Å². The second-order valence-corrected chi connectivity index (χ2v) is 2.33. The van der Waals surface area contributed by atoms with E-state index in [-0.39, 0.29) is 17.0 Å². The molecule has 0 amide bonds. The number of nitrogens with zero attached hydrogens (tertiary/aromatic N) is 3. The van der Waals surface area contributed by atoms with Crippen molar-refractivity contribution in [1.29, 1.82) is 5.26 Å². The van der Waals surface area contributed by atoms with Gasteiger partial charge in [0, 0.05) is 6.07 Å². The van der Waals surface area contributed by atoms with E-state index >= 15 is 0 Å². The van der Waals surface area contributed by atoms with Gasteiger partial charge in [-0.15, -0.1) is 0 Å². The minimum Gasteiger partial charge on any atom is -0.410 e. The Kier molecular flexibility index (Phi) is 2.76. The van der Waals surface area contributed by atoms with Gasteiger partial charge in [0.1, 0.15) is 6.07 Å². The molecule has 0 aliphatic carbocycles. The fraction of sp³-hybridized carbons (Fsp3) is 0. The molecule has 0 heterocycles. The van der Waals surface area contributed by atoms with Crippen LogP contribution in [0.15, 0.2) is 29.4 Å². The fourth-order valence-electron chi connectivity index (χ4n) is 0.970. The first kappa shape index (κ1) is 9.67. The summed E-state index contributed by atoms with van der Waals surface area (Å²) in [7, 11) is 0. The third kappa shape index (κ3) is 1.67. The van der Waals surface area contributed by atoms with E-state index in [1.807, 2.05) is 0 Å². The summed E-state index contributed by atoms with van der Waals surface area (Å²) in [5, 5.41) is 30.1. The SMILES string of the molecule is N#CC(=NO)c1ccccc1[N+](=O)[O-]. The van der Waals surface area contributed by atoms with Gasteiger partial charge in [-0.05, 0) is 6.07 Å². The maximum atomic E-state index is 10.5. The van der Waals surface area contributed by atoms with Crippen molar-refractivity contribution in [1.82, 2.24) is 0 Å². The van der Waals surface area contributed by atoms with Crippen molar-refractivity contribution in [2.45, 2.75) is 0 Å². The number of benzene rings is 1. The molecule has 0 aromatic heterocycles. The van der Waals surface area contributed by atoms with E-state index in [1.54, 1.807) is 6.07 Å². The Hall–Kier alpha value is -2.42. The third-order valence-electron chi connectivity index (χ3n) is 1.56. The summed E-state index contributed by atoms with van der Waals surface area (Å²) >= 11 is 0. The van der Waals surface area contributed by atoms with E-state index in [9.17, 15) is 10.1 Å². The minimum atomic E-state index is -0.641. The fourth-order valence-corrected chi connectivity index (χ4v) is 0.970. The van der Waals surface area contributed by atoms with Gasteiger partial charge in [-0.25, -0.2) is 0 Å².